The van der Waals surface area contributed by atoms with Crippen molar-refractivity contribution < 1.29 is 29.6 Å². The number of rotatable bonds is 12. The number of aromatic nitrogens is 2. The second kappa shape index (κ2) is 13.4. The fraction of sp³-hybridized carbons (Fsp3) is 0.233. The van der Waals surface area contributed by atoms with Crippen LogP contribution in [0.5, 0.6) is 5.75 Å². The molecule has 3 aromatic carbocycles. The standard InChI is InChI=1S/C30H32N4O6/c1-21-28(17-31-34(21)24-8-4-2-5-9-24)29(37)32-23-14-12-22(13-15-23)16-25(19-35)33(30(38)39)18-26(36)20-40-27-10-6-3-7-11-27/h2-15,17,25-26,35-36H,16,18-20H2,1H3,(H,32,37)(H,38,39)/t25-,26-/m0/s1. The lowest BCUT2D eigenvalue weighted by Crippen LogP contribution is -2.48. The molecule has 0 unspecified atom stereocenters. The van der Waals surface area contributed by atoms with Crippen molar-refractivity contribution in [3.05, 3.63) is 108 Å². The van der Waals surface area contributed by atoms with E-state index in [0.29, 0.717) is 22.7 Å². The molecule has 208 valence electrons. The lowest BCUT2D eigenvalue weighted by Gasteiger charge is -2.30. The van der Waals surface area contributed by atoms with Crippen LogP contribution in [0.2, 0.25) is 0 Å². The zero-order chi connectivity index (χ0) is 28.5. The molecule has 0 aliphatic rings. The number of nitrogens with zero attached hydrogens (tertiary/aromatic N) is 3. The first kappa shape index (κ1) is 28.3. The van der Waals surface area contributed by atoms with Crippen molar-refractivity contribution in [2.45, 2.75) is 25.5 Å². The van der Waals surface area contributed by atoms with Crippen LogP contribution in [0.15, 0.2) is 91.1 Å². The summed E-state index contributed by atoms with van der Waals surface area (Å²) in [7, 11) is 0. The first-order chi connectivity index (χ1) is 19.4. The van der Waals surface area contributed by atoms with E-state index in [4.69, 9.17) is 4.74 Å². The molecule has 0 spiro atoms. The van der Waals surface area contributed by atoms with Crippen LogP contribution in [0.25, 0.3) is 5.69 Å². The molecule has 1 heterocycles. The number of carbonyl (C=O) groups is 2. The Morgan fingerprint density at radius 3 is 2.27 bits per heavy atom. The summed E-state index contributed by atoms with van der Waals surface area (Å²) < 4.78 is 7.22. The maximum Gasteiger partial charge on any atom is 0.407 e. The molecule has 2 amide bonds. The van der Waals surface area contributed by atoms with Gasteiger partial charge in [-0.05, 0) is 55.3 Å². The van der Waals surface area contributed by atoms with Gasteiger partial charge in [-0.3, -0.25) is 4.79 Å². The van der Waals surface area contributed by atoms with Gasteiger partial charge in [0.2, 0.25) is 0 Å². The number of para-hydroxylation sites is 2. The monoisotopic (exact) mass is 544 g/mol. The van der Waals surface area contributed by atoms with Gasteiger partial charge >= 0.3 is 6.09 Å². The van der Waals surface area contributed by atoms with Crippen LogP contribution >= 0.6 is 0 Å². The van der Waals surface area contributed by atoms with Crippen molar-refractivity contribution in [1.82, 2.24) is 14.7 Å². The van der Waals surface area contributed by atoms with Gasteiger partial charge in [-0.25, -0.2) is 9.48 Å². The highest BCUT2D eigenvalue weighted by Crippen LogP contribution is 2.18. The molecule has 2 atom stereocenters. The number of hydrogen-bond acceptors (Lipinski definition) is 6. The van der Waals surface area contributed by atoms with Crippen molar-refractivity contribution in [2.75, 3.05) is 25.1 Å². The highest BCUT2D eigenvalue weighted by Gasteiger charge is 2.26. The molecule has 0 fully saturated rings. The van der Waals surface area contributed by atoms with Gasteiger partial charge in [0.15, 0.2) is 0 Å². The van der Waals surface area contributed by atoms with Gasteiger partial charge in [0.25, 0.3) is 5.91 Å². The van der Waals surface area contributed by atoms with Gasteiger partial charge in [-0.2, -0.15) is 5.10 Å². The second-order valence-electron chi connectivity index (χ2n) is 9.30. The number of anilines is 1. The Kier molecular flexibility index (Phi) is 9.50. The maximum absolute atomic E-state index is 12.9. The number of carboxylic acid groups (broad SMARTS) is 1. The predicted octanol–water partition coefficient (Wildman–Crippen LogP) is 3.76. The molecule has 0 saturated heterocycles. The number of aliphatic hydroxyl groups is 2. The van der Waals surface area contributed by atoms with Crippen molar-refractivity contribution in [3.63, 3.8) is 0 Å². The Bertz CT molecular complexity index is 1390. The quantitative estimate of drug-likeness (QED) is 0.213. The molecular formula is C30H32N4O6. The summed E-state index contributed by atoms with van der Waals surface area (Å²) in [5.74, 6) is 0.263. The first-order valence-corrected chi connectivity index (χ1v) is 12.8. The molecule has 0 bridgehead atoms. The Labute approximate surface area is 232 Å². The van der Waals surface area contributed by atoms with Crippen LogP contribution in [-0.4, -0.2) is 73.9 Å². The van der Waals surface area contributed by atoms with Gasteiger partial charge in [0, 0.05) is 5.69 Å². The third-order valence-corrected chi connectivity index (χ3v) is 6.43. The van der Waals surface area contributed by atoms with Gasteiger partial charge < -0.3 is 30.3 Å². The highest BCUT2D eigenvalue weighted by molar-refractivity contribution is 6.05. The normalized spacial score (nSPS) is 12.4. The number of benzene rings is 3. The molecule has 0 aliphatic carbocycles. The van der Waals surface area contributed by atoms with Gasteiger partial charge in [0.05, 0.1) is 42.3 Å². The SMILES string of the molecule is Cc1c(C(=O)Nc2ccc(C[C@@H](CO)N(C[C@H](O)COc3ccccc3)C(=O)O)cc2)cnn1-c1ccccc1. The van der Waals surface area contributed by atoms with Crippen molar-refractivity contribution in [1.29, 1.82) is 0 Å². The topological polar surface area (TPSA) is 137 Å². The number of carbonyl (C=O) groups excluding carboxylic acids is 1. The van der Waals surface area contributed by atoms with Crippen molar-refractivity contribution in [3.8, 4) is 11.4 Å². The van der Waals surface area contributed by atoms with Crippen molar-refractivity contribution >= 4 is 17.7 Å². The van der Waals surface area contributed by atoms with Crippen LogP contribution in [0, 0.1) is 6.92 Å². The van der Waals surface area contributed by atoms with E-state index in [-0.39, 0.29) is 25.5 Å². The highest BCUT2D eigenvalue weighted by atomic mass is 16.5. The molecule has 4 aromatic rings. The average molecular weight is 545 g/mol. The Hall–Kier alpha value is -4.67. The molecule has 4 rings (SSSR count). The number of ether oxygens (including phenoxy) is 1. The molecule has 1 aromatic heterocycles. The molecular weight excluding hydrogens is 512 g/mol. The molecule has 4 N–H and O–H groups in total. The van der Waals surface area contributed by atoms with Crippen LogP contribution in [0.3, 0.4) is 0 Å². The number of nitrogens with one attached hydrogen (secondary N) is 1. The van der Waals surface area contributed by atoms with E-state index in [9.17, 15) is 24.9 Å². The second-order valence-corrected chi connectivity index (χ2v) is 9.30. The largest absolute Gasteiger partial charge is 0.491 e. The minimum absolute atomic E-state index is 0.0932. The van der Waals surface area contributed by atoms with Crippen molar-refractivity contribution in [2.24, 2.45) is 0 Å². The van der Waals surface area contributed by atoms with E-state index in [1.807, 2.05) is 43.3 Å². The van der Waals surface area contributed by atoms with E-state index < -0.39 is 24.8 Å². The zero-order valence-electron chi connectivity index (χ0n) is 22.1. The predicted molar refractivity (Wildman–Crippen MR) is 150 cm³/mol. The van der Waals surface area contributed by atoms with E-state index in [0.717, 1.165) is 16.2 Å². The number of hydrogen-bond donors (Lipinski definition) is 4. The Balaban J connectivity index is 1.35. The summed E-state index contributed by atoms with van der Waals surface area (Å²) in [5, 5.41) is 37.3. The summed E-state index contributed by atoms with van der Waals surface area (Å²) in [4.78, 5) is 25.9. The molecule has 0 saturated carbocycles. The van der Waals surface area contributed by atoms with Crippen LogP contribution < -0.4 is 10.1 Å². The third-order valence-electron chi connectivity index (χ3n) is 6.43. The van der Waals surface area contributed by atoms with Crippen LogP contribution in [0.4, 0.5) is 10.5 Å². The fourth-order valence-corrected chi connectivity index (χ4v) is 4.30. The molecule has 10 nitrogen and oxygen atoms in total. The zero-order valence-corrected chi connectivity index (χ0v) is 22.1. The molecule has 0 aliphatic heterocycles. The van der Waals surface area contributed by atoms with E-state index in [1.54, 1.807) is 53.2 Å². The smallest absolute Gasteiger partial charge is 0.407 e. The lowest BCUT2D eigenvalue weighted by atomic mass is 10.0. The summed E-state index contributed by atoms with van der Waals surface area (Å²) in [6, 6.07) is 24.6. The lowest BCUT2D eigenvalue weighted by molar-refractivity contribution is 0.0388. The minimum Gasteiger partial charge on any atom is -0.491 e. The summed E-state index contributed by atoms with van der Waals surface area (Å²) >= 11 is 0. The fourth-order valence-electron chi connectivity index (χ4n) is 4.30. The molecule has 40 heavy (non-hydrogen) atoms. The minimum atomic E-state index is -1.26. The van der Waals surface area contributed by atoms with Gasteiger partial charge in [-0.15, -0.1) is 0 Å². The number of aliphatic hydroxyl groups excluding tert-OH is 2. The van der Waals surface area contributed by atoms with E-state index in [2.05, 4.69) is 10.4 Å². The van der Waals surface area contributed by atoms with E-state index >= 15 is 0 Å². The summed E-state index contributed by atoms with van der Waals surface area (Å²) in [6.45, 7) is 1.08. The molecule has 10 heteroatoms. The number of amides is 2. The Morgan fingerprint density at radius 1 is 1.00 bits per heavy atom. The third kappa shape index (κ3) is 7.25. The van der Waals surface area contributed by atoms with E-state index in [1.165, 1.54) is 6.20 Å². The van der Waals surface area contributed by atoms with Crippen LogP contribution in [-0.2, 0) is 6.42 Å². The van der Waals surface area contributed by atoms with Gasteiger partial charge in [0.1, 0.15) is 18.5 Å². The first-order valence-electron chi connectivity index (χ1n) is 12.8. The molecule has 0 radical (unpaired) electrons. The summed E-state index contributed by atoms with van der Waals surface area (Å²) in [5.41, 5.74) is 3.32. The average Bonchev–Trinajstić information content (AvgIpc) is 3.36. The Morgan fingerprint density at radius 2 is 1.65 bits per heavy atom. The van der Waals surface area contributed by atoms with Gasteiger partial charge in [-0.1, -0.05) is 48.5 Å². The summed E-state index contributed by atoms with van der Waals surface area (Å²) in [6.07, 6.45) is -0.602. The maximum atomic E-state index is 12.9. The van der Waals surface area contributed by atoms with Crippen LogP contribution in [0.1, 0.15) is 21.6 Å².